The molecule has 178 valence electrons. The highest BCUT2D eigenvalue weighted by Gasteiger charge is 2.29. The van der Waals surface area contributed by atoms with E-state index in [-0.39, 0.29) is 24.0 Å². The number of aryl methyl sites for hydroxylation is 1. The first kappa shape index (κ1) is 25.4. The van der Waals surface area contributed by atoms with Gasteiger partial charge in [-0.3, -0.25) is 9.36 Å². The van der Waals surface area contributed by atoms with Gasteiger partial charge in [0.1, 0.15) is 5.65 Å². The second kappa shape index (κ2) is 9.94. The molecule has 0 aliphatic carbocycles. The Morgan fingerprint density at radius 2 is 1.82 bits per heavy atom. The van der Waals surface area contributed by atoms with Crippen molar-refractivity contribution in [2.45, 2.75) is 18.9 Å². The van der Waals surface area contributed by atoms with E-state index >= 15 is 0 Å². The summed E-state index contributed by atoms with van der Waals surface area (Å²) in [4.78, 5) is 21.9. The Morgan fingerprint density at radius 1 is 1.15 bits per heavy atom. The number of halogens is 2. The van der Waals surface area contributed by atoms with Crippen molar-refractivity contribution in [3.63, 3.8) is 0 Å². The van der Waals surface area contributed by atoms with Crippen LogP contribution < -0.4 is 10.9 Å². The predicted molar refractivity (Wildman–Crippen MR) is 133 cm³/mol. The lowest BCUT2D eigenvalue weighted by Crippen LogP contribution is -2.46. The summed E-state index contributed by atoms with van der Waals surface area (Å²) in [6.07, 6.45) is 2.95. The zero-order valence-corrected chi connectivity index (χ0v) is 20.9. The van der Waals surface area contributed by atoms with Crippen molar-refractivity contribution in [1.82, 2.24) is 23.1 Å². The van der Waals surface area contributed by atoms with E-state index in [2.05, 4.69) is 15.3 Å². The smallest absolute Gasteiger partial charge is 0.281 e. The molecule has 0 amide bonds. The fourth-order valence-electron chi connectivity index (χ4n) is 3.83. The van der Waals surface area contributed by atoms with Gasteiger partial charge in [-0.2, -0.15) is 22.0 Å². The summed E-state index contributed by atoms with van der Waals surface area (Å²) in [5.74, 6) is 0.409. The van der Waals surface area contributed by atoms with Crippen molar-refractivity contribution in [3.05, 3.63) is 51.9 Å². The third-order valence-electron chi connectivity index (χ3n) is 5.69. The van der Waals surface area contributed by atoms with E-state index in [1.165, 1.54) is 27.3 Å². The highest BCUT2D eigenvalue weighted by Crippen LogP contribution is 2.27. The van der Waals surface area contributed by atoms with Crippen LogP contribution in [0.5, 0.6) is 0 Å². The summed E-state index contributed by atoms with van der Waals surface area (Å²) in [5, 5.41) is 4.51. The van der Waals surface area contributed by atoms with Gasteiger partial charge < -0.3 is 5.32 Å². The van der Waals surface area contributed by atoms with Gasteiger partial charge in [-0.05, 0) is 25.0 Å². The molecule has 1 aromatic carbocycles. The minimum Gasteiger partial charge on any atom is -0.351 e. The molecule has 4 rings (SSSR count). The second-order valence-electron chi connectivity index (χ2n) is 7.98. The highest BCUT2D eigenvalue weighted by molar-refractivity contribution is 7.86. The third-order valence-corrected chi connectivity index (χ3v) is 7.96. The molecular weight excluding hydrogens is 487 g/mol. The summed E-state index contributed by atoms with van der Waals surface area (Å²) < 4.78 is 28.8. The molecule has 0 spiro atoms. The number of fused-ring (bicyclic) bond motifs is 1. The molecule has 0 bridgehead atoms. The van der Waals surface area contributed by atoms with Crippen molar-refractivity contribution in [2.75, 3.05) is 32.5 Å². The molecule has 1 fully saturated rings. The molecule has 2 aromatic heterocycles. The Hall–Kier alpha value is -2.24. The van der Waals surface area contributed by atoms with Crippen LogP contribution in [0.15, 0.2) is 41.3 Å². The lowest BCUT2D eigenvalue weighted by atomic mass is 10.1. The lowest BCUT2D eigenvalue weighted by Gasteiger charge is -2.33. The van der Waals surface area contributed by atoms with Crippen LogP contribution in [-0.2, 0) is 17.3 Å². The standard InChI is InChI=1S/C21H25ClN6O3S.ClH/c1-26(2)32(30,31)28-10-8-15(9-11-28)24-21-23-13-14-12-17(16-6-4-5-7-18(16)22)20(29)27(3)19(14)25-21;/h4-7,12-13,15H,8-11H2,1-3H3,(H,23,24,25);1H. The van der Waals surface area contributed by atoms with E-state index < -0.39 is 10.2 Å². The summed E-state index contributed by atoms with van der Waals surface area (Å²) in [7, 11) is 1.33. The van der Waals surface area contributed by atoms with E-state index in [1.54, 1.807) is 25.4 Å². The van der Waals surface area contributed by atoms with Crippen molar-refractivity contribution in [2.24, 2.45) is 7.05 Å². The zero-order valence-electron chi connectivity index (χ0n) is 18.5. The lowest BCUT2D eigenvalue weighted by molar-refractivity contribution is 0.310. The molecule has 0 saturated carbocycles. The van der Waals surface area contributed by atoms with Gasteiger partial charge in [0.25, 0.3) is 15.8 Å². The largest absolute Gasteiger partial charge is 0.351 e. The number of piperidine rings is 1. The number of anilines is 1. The zero-order chi connectivity index (χ0) is 23.0. The van der Waals surface area contributed by atoms with Crippen LogP contribution in [0.4, 0.5) is 5.95 Å². The first-order chi connectivity index (χ1) is 15.2. The Balaban J connectivity index is 0.00000306. The molecule has 0 atom stereocenters. The number of hydrogen-bond acceptors (Lipinski definition) is 6. The number of nitrogens with zero attached hydrogens (tertiary/aromatic N) is 5. The van der Waals surface area contributed by atoms with Crippen LogP contribution in [0, 0.1) is 0 Å². The monoisotopic (exact) mass is 512 g/mol. The molecule has 1 saturated heterocycles. The second-order valence-corrected chi connectivity index (χ2v) is 10.5. The fraction of sp³-hybridized carbons (Fsp3) is 0.381. The van der Waals surface area contributed by atoms with Gasteiger partial charge in [0.05, 0.1) is 0 Å². The van der Waals surface area contributed by atoms with E-state index in [0.29, 0.717) is 53.7 Å². The van der Waals surface area contributed by atoms with Crippen molar-refractivity contribution in [1.29, 1.82) is 0 Å². The Bertz CT molecular complexity index is 1320. The first-order valence-electron chi connectivity index (χ1n) is 10.2. The van der Waals surface area contributed by atoms with Gasteiger partial charge in [-0.15, -0.1) is 12.4 Å². The van der Waals surface area contributed by atoms with Crippen molar-refractivity contribution < 1.29 is 8.42 Å². The van der Waals surface area contributed by atoms with Gasteiger partial charge in [0.15, 0.2) is 0 Å². The number of rotatable bonds is 5. The maximum atomic E-state index is 13.0. The van der Waals surface area contributed by atoms with E-state index in [9.17, 15) is 13.2 Å². The normalized spacial score (nSPS) is 15.5. The quantitative estimate of drug-likeness (QED) is 0.563. The maximum Gasteiger partial charge on any atom is 0.281 e. The van der Waals surface area contributed by atoms with Gasteiger partial charge >= 0.3 is 0 Å². The van der Waals surface area contributed by atoms with Gasteiger partial charge in [-0.25, -0.2) is 4.98 Å². The highest BCUT2D eigenvalue weighted by atomic mass is 35.5. The van der Waals surface area contributed by atoms with Crippen LogP contribution in [0.2, 0.25) is 5.02 Å². The van der Waals surface area contributed by atoms with Crippen LogP contribution in [0.1, 0.15) is 12.8 Å². The van der Waals surface area contributed by atoms with Crippen molar-refractivity contribution >= 4 is 51.2 Å². The van der Waals surface area contributed by atoms with E-state index in [0.717, 1.165) is 5.39 Å². The number of aromatic nitrogens is 3. The summed E-state index contributed by atoms with van der Waals surface area (Å²) >= 11 is 6.29. The maximum absolute atomic E-state index is 13.0. The first-order valence-corrected chi connectivity index (χ1v) is 12.0. The summed E-state index contributed by atoms with van der Waals surface area (Å²) in [6.45, 7) is 0.844. The number of benzene rings is 1. The Kier molecular flexibility index (Phi) is 7.65. The van der Waals surface area contributed by atoms with Gasteiger partial charge in [0.2, 0.25) is 5.95 Å². The Morgan fingerprint density at radius 3 is 2.45 bits per heavy atom. The summed E-state index contributed by atoms with van der Waals surface area (Å²) in [5.41, 5.74) is 1.47. The van der Waals surface area contributed by atoms with E-state index in [4.69, 9.17) is 11.6 Å². The van der Waals surface area contributed by atoms with Crippen molar-refractivity contribution in [3.8, 4) is 11.1 Å². The van der Waals surface area contributed by atoms with Crippen LogP contribution >= 0.6 is 24.0 Å². The van der Waals surface area contributed by atoms with E-state index in [1.807, 2.05) is 18.2 Å². The minimum absolute atomic E-state index is 0. The molecule has 3 aromatic rings. The van der Waals surface area contributed by atoms with Crippen LogP contribution in [0.3, 0.4) is 0 Å². The molecule has 1 aliphatic rings. The molecule has 1 aliphatic heterocycles. The average Bonchev–Trinajstić information content (AvgIpc) is 2.77. The topological polar surface area (TPSA) is 100 Å². The SMILES string of the molecule is CN(C)S(=O)(=O)N1CCC(Nc2ncc3cc(-c4ccccc4Cl)c(=O)n(C)c3n2)CC1.Cl. The predicted octanol–water partition coefficient (Wildman–Crippen LogP) is 2.75. The number of hydrogen-bond donors (Lipinski definition) is 1. The minimum atomic E-state index is -3.41. The Labute approximate surface area is 204 Å². The number of nitrogens with one attached hydrogen (secondary N) is 1. The fourth-order valence-corrected chi connectivity index (χ4v) is 5.20. The molecule has 3 heterocycles. The third kappa shape index (κ3) is 4.99. The van der Waals surface area contributed by atoms with Crippen LogP contribution in [-0.4, -0.2) is 64.8 Å². The average molecular weight is 513 g/mol. The molecule has 12 heteroatoms. The molecule has 1 N–H and O–H groups in total. The van der Waals surface area contributed by atoms with Gasteiger partial charge in [0, 0.05) is 68.0 Å². The number of pyridine rings is 1. The molecule has 0 radical (unpaired) electrons. The van der Waals surface area contributed by atoms with Gasteiger partial charge in [-0.1, -0.05) is 29.8 Å². The molecule has 0 unspecified atom stereocenters. The molecule has 9 nitrogen and oxygen atoms in total. The summed E-state index contributed by atoms with van der Waals surface area (Å²) in [6, 6.07) is 9.01. The molecule has 33 heavy (non-hydrogen) atoms. The van der Waals surface area contributed by atoms with Crippen LogP contribution in [0.25, 0.3) is 22.2 Å². The molecular formula is C21H26Cl2N6O3S.